The minimum Gasteiger partial charge on any atom is -0.496 e. The third-order valence-electron chi connectivity index (χ3n) is 3.49. The van der Waals surface area contributed by atoms with Crippen LogP contribution in [-0.2, 0) is 0 Å². The van der Waals surface area contributed by atoms with Gasteiger partial charge in [-0.1, -0.05) is 37.3 Å². The van der Waals surface area contributed by atoms with E-state index in [0.717, 1.165) is 22.8 Å². The second-order valence-corrected chi connectivity index (χ2v) is 4.58. The first-order valence-corrected chi connectivity index (χ1v) is 6.32. The fourth-order valence-corrected chi connectivity index (χ4v) is 2.38. The monoisotopic (exact) mass is 256 g/mol. The summed E-state index contributed by atoms with van der Waals surface area (Å²) in [6, 6.07) is 14.3. The van der Waals surface area contributed by atoms with Crippen LogP contribution in [0.3, 0.4) is 0 Å². The van der Waals surface area contributed by atoms with E-state index in [2.05, 4.69) is 19.1 Å². The zero-order valence-electron chi connectivity index (χ0n) is 11.1. The molecule has 1 aliphatic heterocycles. The molecular formula is C16H16O3. The Hall–Kier alpha value is -2.16. The summed E-state index contributed by atoms with van der Waals surface area (Å²) < 4.78 is 16.3. The highest BCUT2D eigenvalue weighted by molar-refractivity contribution is 5.54. The van der Waals surface area contributed by atoms with E-state index in [9.17, 15) is 0 Å². The van der Waals surface area contributed by atoms with Crippen molar-refractivity contribution in [2.45, 2.75) is 12.8 Å². The molecule has 0 radical (unpaired) electrons. The summed E-state index contributed by atoms with van der Waals surface area (Å²) in [5.41, 5.74) is 2.36. The molecule has 0 fully saturated rings. The normalized spacial score (nSPS) is 14.2. The van der Waals surface area contributed by atoms with Crippen LogP contribution in [0.2, 0.25) is 0 Å². The van der Waals surface area contributed by atoms with E-state index < -0.39 is 0 Å². The Morgan fingerprint density at radius 3 is 2.42 bits per heavy atom. The maximum absolute atomic E-state index is 5.48. The van der Waals surface area contributed by atoms with Crippen LogP contribution >= 0.6 is 0 Å². The molecule has 0 aliphatic carbocycles. The molecule has 2 aromatic rings. The van der Waals surface area contributed by atoms with Crippen LogP contribution in [-0.4, -0.2) is 13.9 Å². The second-order valence-electron chi connectivity index (χ2n) is 4.58. The molecule has 3 nitrogen and oxygen atoms in total. The van der Waals surface area contributed by atoms with Crippen LogP contribution < -0.4 is 14.2 Å². The Morgan fingerprint density at radius 1 is 1.05 bits per heavy atom. The predicted octanol–water partition coefficient (Wildman–Crippen LogP) is 3.58. The summed E-state index contributed by atoms with van der Waals surface area (Å²) in [4.78, 5) is 0. The van der Waals surface area contributed by atoms with Crippen LogP contribution in [0.5, 0.6) is 17.2 Å². The van der Waals surface area contributed by atoms with Crippen LogP contribution in [0.15, 0.2) is 42.5 Å². The highest BCUT2D eigenvalue weighted by atomic mass is 16.7. The molecule has 19 heavy (non-hydrogen) atoms. The summed E-state index contributed by atoms with van der Waals surface area (Å²) in [6.45, 7) is 2.44. The van der Waals surface area contributed by atoms with Gasteiger partial charge in [-0.2, -0.15) is 0 Å². The lowest BCUT2D eigenvalue weighted by Gasteiger charge is -2.16. The van der Waals surface area contributed by atoms with Gasteiger partial charge in [0.25, 0.3) is 0 Å². The number of ether oxygens (including phenoxy) is 3. The fourth-order valence-electron chi connectivity index (χ4n) is 2.38. The van der Waals surface area contributed by atoms with Crippen LogP contribution in [0.4, 0.5) is 0 Å². The molecule has 0 bridgehead atoms. The van der Waals surface area contributed by atoms with Gasteiger partial charge in [0, 0.05) is 17.5 Å². The summed E-state index contributed by atoms with van der Waals surface area (Å²) in [5.74, 6) is 2.62. The summed E-state index contributed by atoms with van der Waals surface area (Å²) in [6.07, 6.45) is 0. The summed E-state index contributed by atoms with van der Waals surface area (Å²) in [5, 5.41) is 0. The highest BCUT2D eigenvalue weighted by Gasteiger charge is 2.21. The Labute approximate surface area is 112 Å². The topological polar surface area (TPSA) is 27.7 Å². The van der Waals surface area contributed by atoms with Gasteiger partial charge in [0.1, 0.15) is 5.75 Å². The number of methoxy groups -OCH3 is 1. The third kappa shape index (κ3) is 2.12. The zero-order chi connectivity index (χ0) is 13.2. The van der Waals surface area contributed by atoms with Gasteiger partial charge in [-0.05, 0) is 11.6 Å². The number of benzene rings is 2. The minimum absolute atomic E-state index is 0.241. The first-order chi connectivity index (χ1) is 9.29. The standard InChI is InChI=1S/C16H16O3/c1-11(12-6-4-3-5-7-12)13-8-15-16(19-10-18-15)9-14(13)17-2/h3-9,11H,10H2,1-2H3. The molecule has 0 aromatic heterocycles. The van der Waals surface area contributed by atoms with Crippen molar-refractivity contribution in [3.8, 4) is 17.2 Å². The molecule has 3 heteroatoms. The van der Waals surface area contributed by atoms with Gasteiger partial charge in [-0.25, -0.2) is 0 Å². The maximum atomic E-state index is 5.48. The quantitative estimate of drug-likeness (QED) is 0.840. The van der Waals surface area contributed by atoms with E-state index >= 15 is 0 Å². The van der Waals surface area contributed by atoms with Crippen molar-refractivity contribution in [1.29, 1.82) is 0 Å². The Morgan fingerprint density at radius 2 is 1.74 bits per heavy atom. The predicted molar refractivity (Wildman–Crippen MR) is 73.1 cm³/mol. The SMILES string of the molecule is COc1cc2c(cc1C(C)c1ccccc1)OCO2. The van der Waals surface area contributed by atoms with Crippen LogP contribution in [0, 0.1) is 0 Å². The molecule has 2 aromatic carbocycles. The molecule has 98 valence electrons. The molecule has 1 heterocycles. The first kappa shape index (κ1) is 11.9. The van der Waals surface area contributed by atoms with Crippen molar-refractivity contribution in [2.24, 2.45) is 0 Å². The lowest BCUT2D eigenvalue weighted by molar-refractivity contribution is 0.174. The van der Waals surface area contributed by atoms with Crippen molar-refractivity contribution < 1.29 is 14.2 Å². The molecule has 0 saturated heterocycles. The van der Waals surface area contributed by atoms with Crippen molar-refractivity contribution in [1.82, 2.24) is 0 Å². The summed E-state index contributed by atoms with van der Waals surface area (Å²) >= 11 is 0. The zero-order valence-corrected chi connectivity index (χ0v) is 11.1. The highest BCUT2D eigenvalue weighted by Crippen LogP contribution is 2.42. The molecule has 0 saturated carbocycles. The molecule has 1 atom stereocenters. The first-order valence-electron chi connectivity index (χ1n) is 6.32. The Kier molecular flexibility index (Phi) is 3.03. The Balaban J connectivity index is 2.04. The Bertz CT molecular complexity index is 578. The second kappa shape index (κ2) is 4.84. The van der Waals surface area contributed by atoms with Gasteiger partial charge in [-0.3, -0.25) is 0 Å². The van der Waals surface area contributed by atoms with Gasteiger partial charge >= 0.3 is 0 Å². The molecule has 1 unspecified atom stereocenters. The third-order valence-corrected chi connectivity index (χ3v) is 3.49. The fraction of sp³-hybridized carbons (Fsp3) is 0.250. The van der Waals surface area contributed by atoms with E-state index in [1.54, 1.807) is 7.11 Å². The molecule has 0 spiro atoms. The molecular weight excluding hydrogens is 240 g/mol. The van der Waals surface area contributed by atoms with Crippen molar-refractivity contribution in [3.05, 3.63) is 53.6 Å². The van der Waals surface area contributed by atoms with Crippen molar-refractivity contribution in [2.75, 3.05) is 13.9 Å². The lowest BCUT2D eigenvalue weighted by atomic mass is 9.92. The molecule has 3 rings (SSSR count). The van der Waals surface area contributed by atoms with E-state index in [0.29, 0.717) is 0 Å². The van der Waals surface area contributed by atoms with E-state index in [-0.39, 0.29) is 12.7 Å². The average molecular weight is 256 g/mol. The largest absolute Gasteiger partial charge is 0.496 e. The van der Waals surface area contributed by atoms with Gasteiger partial charge in [-0.15, -0.1) is 0 Å². The molecule has 0 amide bonds. The van der Waals surface area contributed by atoms with Gasteiger partial charge < -0.3 is 14.2 Å². The summed E-state index contributed by atoms with van der Waals surface area (Å²) in [7, 11) is 1.68. The number of rotatable bonds is 3. The van der Waals surface area contributed by atoms with E-state index in [1.807, 2.05) is 30.3 Å². The molecule has 1 aliphatic rings. The van der Waals surface area contributed by atoms with Crippen LogP contribution in [0.1, 0.15) is 24.0 Å². The average Bonchev–Trinajstić information content (AvgIpc) is 2.93. The maximum Gasteiger partial charge on any atom is 0.231 e. The van der Waals surface area contributed by atoms with Crippen molar-refractivity contribution in [3.63, 3.8) is 0 Å². The van der Waals surface area contributed by atoms with Gasteiger partial charge in [0.15, 0.2) is 11.5 Å². The lowest BCUT2D eigenvalue weighted by Crippen LogP contribution is -1.99. The number of fused-ring (bicyclic) bond motifs is 1. The molecule has 0 N–H and O–H groups in total. The van der Waals surface area contributed by atoms with E-state index in [4.69, 9.17) is 14.2 Å². The van der Waals surface area contributed by atoms with E-state index in [1.165, 1.54) is 5.56 Å². The van der Waals surface area contributed by atoms with Gasteiger partial charge in [0.2, 0.25) is 6.79 Å². The number of hydrogen-bond donors (Lipinski definition) is 0. The smallest absolute Gasteiger partial charge is 0.231 e. The van der Waals surface area contributed by atoms with Crippen molar-refractivity contribution >= 4 is 0 Å². The minimum atomic E-state index is 0.241. The number of hydrogen-bond acceptors (Lipinski definition) is 3. The van der Waals surface area contributed by atoms with Gasteiger partial charge in [0.05, 0.1) is 7.11 Å². The van der Waals surface area contributed by atoms with Crippen LogP contribution in [0.25, 0.3) is 0 Å².